The lowest BCUT2D eigenvalue weighted by Gasteiger charge is -2.19. The average Bonchev–Trinajstić information content (AvgIpc) is 3.20. The Labute approximate surface area is 122 Å². The van der Waals surface area contributed by atoms with E-state index in [4.69, 9.17) is 4.74 Å². The van der Waals surface area contributed by atoms with E-state index in [1.807, 2.05) is 0 Å². The minimum absolute atomic E-state index is 0.244. The smallest absolute Gasteiger partial charge is 0.0897 e. The predicted octanol–water partition coefficient (Wildman–Crippen LogP) is 2.74. The normalized spacial score (nSPS) is 18.0. The second-order valence-corrected chi connectivity index (χ2v) is 6.12. The van der Waals surface area contributed by atoms with Crippen LogP contribution in [0.2, 0.25) is 0 Å². The largest absolute Gasteiger partial charge is 0.389 e. The van der Waals surface area contributed by atoms with Gasteiger partial charge in [-0.2, -0.15) is 0 Å². The number of hydrogen-bond acceptors (Lipinski definition) is 3. The summed E-state index contributed by atoms with van der Waals surface area (Å²) < 4.78 is 5.51. The van der Waals surface area contributed by atoms with Gasteiger partial charge in [-0.15, -0.1) is 0 Å². The van der Waals surface area contributed by atoms with Crippen LogP contribution in [-0.4, -0.2) is 31.0 Å². The van der Waals surface area contributed by atoms with Gasteiger partial charge in [0.25, 0.3) is 0 Å². The first-order chi connectivity index (χ1) is 9.56. The first-order valence-electron chi connectivity index (χ1n) is 7.62. The highest BCUT2D eigenvalue weighted by Gasteiger charge is 2.21. The average molecular weight is 277 g/mol. The highest BCUT2D eigenvalue weighted by molar-refractivity contribution is 5.32. The second kappa shape index (κ2) is 7.21. The van der Waals surface area contributed by atoms with Gasteiger partial charge in [0.2, 0.25) is 0 Å². The molecule has 1 aliphatic rings. The molecule has 0 saturated heterocycles. The lowest BCUT2D eigenvalue weighted by Crippen LogP contribution is -2.32. The number of ether oxygens (including phenoxy) is 1. The molecule has 2 N–H and O–H groups in total. The van der Waals surface area contributed by atoms with E-state index in [0.29, 0.717) is 13.2 Å². The lowest BCUT2D eigenvalue weighted by atomic mass is 10.0. The minimum atomic E-state index is -0.429. The summed E-state index contributed by atoms with van der Waals surface area (Å²) in [5.41, 5.74) is 3.87. The van der Waals surface area contributed by atoms with Crippen molar-refractivity contribution in [3.8, 4) is 0 Å². The molecule has 2 rings (SSSR count). The van der Waals surface area contributed by atoms with Crippen LogP contribution in [-0.2, 0) is 4.74 Å². The molecule has 3 nitrogen and oxygen atoms in total. The summed E-state index contributed by atoms with van der Waals surface area (Å²) in [6, 6.07) is 6.74. The van der Waals surface area contributed by atoms with Crippen LogP contribution in [0.3, 0.4) is 0 Å². The highest BCUT2D eigenvalue weighted by Crippen LogP contribution is 2.28. The predicted molar refractivity (Wildman–Crippen MR) is 81.9 cm³/mol. The Hall–Kier alpha value is -0.900. The first-order valence-corrected chi connectivity index (χ1v) is 7.62. The van der Waals surface area contributed by atoms with Gasteiger partial charge in [-0.05, 0) is 50.7 Å². The van der Waals surface area contributed by atoms with Crippen molar-refractivity contribution >= 4 is 0 Å². The molecule has 1 aromatic rings. The Kier molecular flexibility index (Phi) is 5.58. The van der Waals surface area contributed by atoms with Crippen molar-refractivity contribution in [2.45, 2.75) is 45.8 Å². The van der Waals surface area contributed by atoms with E-state index in [-0.39, 0.29) is 6.04 Å². The van der Waals surface area contributed by atoms with E-state index in [1.165, 1.54) is 29.5 Å². The van der Waals surface area contributed by atoms with Crippen LogP contribution in [0.4, 0.5) is 0 Å². The summed E-state index contributed by atoms with van der Waals surface area (Å²) in [5.74, 6) is 0.754. The number of benzene rings is 1. The molecule has 0 aliphatic heterocycles. The number of nitrogens with one attached hydrogen (secondary N) is 1. The molecular formula is C17H27NO2. The summed E-state index contributed by atoms with van der Waals surface area (Å²) in [4.78, 5) is 0. The van der Waals surface area contributed by atoms with Crippen molar-refractivity contribution in [1.82, 2.24) is 5.32 Å². The van der Waals surface area contributed by atoms with Gasteiger partial charge in [-0.3, -0.25) is 0 Å². The SMILES string of the molecule is Cc1ccc(C(C)NCC(O)COCC2CC2)c(C)c1. The van der Waals surface area contributed by atoms with Gasteiger partial charge in [0.05, 0.1) is 12.7 Å². The third-order valence-corrected chi connectivity index (χ3v) is 3.91. The van der Waals surface area contributed by atoms with Crippen molar-refractivity contribution < 1.29 is 9.84 Å². The Bertz CT molecular complexity index is 429. The number of rotatable bonds is 8. The van der Waals surface area contributed by atoms with Gasteiger partial charge in [-0.1, -0.05) is 23.8 Å². The molecule has 2 unspecified atom stereocenters. The van der Waals surface area contributed by atoms with Crippen molar-refractivity contribution in [1.29, 1.82) is 0 Å². The van der Waals surface area contributed by atoms with Gasteiger partial charge in [0, 0.05) is 19.2 Å². The van der Waals surface area contributed by atoms with Crippen LogP contribution < -0.4 is 5.32 Å². The maximum atomic E-state index is 9.90. The third-order valence-electron chi connectivity index (χ3n) is 3.91. The molecule has 0 bridgehead atoms. The highest BCUT2D eigenvalue weighted by atomic mass is 16.5. The second-order valence-electron chi connectivity index (χ2n) is 6.12. The van der Waals surface area contributed by atoms with Gasteiger partial charge >= 0.3 is 0 Å². The van der Waals surface area contributed by atoms with Gasteiger partial charge < -0.3 is 15.2 Å². The van der Waals surface area contributed by atoms with Gasteiger partial charge in [0.15, 0.2) is 0 Å². The van der Waals surface area contributed by atoms with Crippen LogP contribution in [0.25, 0.3) is 0 Å². The van der Waals surface area contributed by atoms with Crippen LogP contribution in [0.15, 0.2) is 18.2 Å². The standard InChI is InChI=1S/C17H27NO2/c1-12-4-7-17(13(2)8-12)14(3)18-9-16(19)11-20-10-15-5-6-15/h4,7-8,14-16,18-19H,5-6,9-11H2,1-3H3. The Morgan fingerprint density at radius 1 is 1.35 bits per heavy atom. The van der Waals surface area contributed by atoms with Crippen LogP contribution >= 0.6 is 0 Å². The van der Waals surface area contributed by atoms with E-state index >= 15 is 0 Å². The summed E-state index contributed by atoms with van der Waals surface area (Å²) in [7, 11) is 0. The molecule has 20 heavy (non-hydrogen) atoms. The van der Waals surface area contributed by atoms with Crippen molar-refractivity contribution in [2.24, 2.45) is 5.92 Å². The number of hydrogen-bond donors (Lipinski definition) is 2. The molecule has 2 atom stereocenters. The van der Waals surface area contributed by atoms with E-state index < -0.39 is 6.10 Å². The molecule has 1 saturated carbocycles. The Balaban J connectivity index is 1.71. The number of aryl methyl sites for hydroxylation is 2. The minimum Gasteiger partial charge on any atom is -0.389 e. The molecule has 1 aliphatic carbocycles. The van der Waals surface area contributed by atoms with Crippen molar-refractivity contribution in [2.75, 3.05) is 19.8 Å². The zero-order valence-electron chi connectivity index (χ0n) is 12.9. The number of aliphatic hydroxyl groups is 1. The zero-order chi connectivity index (χ0) is 14.5. The Morgan fingerprint density at radius 2 is 2.10 bits per heavy atom. The fourth-order valence-electron chi connectivity index (χ4n) is 2.45. The molecule has 0 amide bonds. The van der Waals surface area contributed by atoms with Crippen LogP contribution in [0.1, 0.15) is 42.5 Å². The maximum absolute atomic E-state index is 9.90. The summed E-state index contributed by atoms with van der Waals surface area (Å²) >= 11 is 0. The molecular weight excluding hydrogens is 250 g/mol. The van der Waals surface area contributed by atoms with Crippen LogP contribution in [0, 0.1) is 19.8 Å². The zero-order valence-corrected chi connectivity index (χ0v) is 12.9. The fourth-order valence-corrected chi connectivity index (χ4v) is 2.45. The molecule has 0 heterocycles. The van der Waals surface area contributed by atoms with E-state index in [0.717, 1.165) is 12.5 Å². The molecule has 1 aromatic carbocycles. The summed E-state index contributed by atoms with van der Waals surface area (Å²) in [5, 5.41) is 13.3. The van der Waals surface area contributed by atoms with Crippen molar-refractivity contribution in [3.63, 3.8) is 0 Å². The maximum Gasteiger partial charge on any atom is 0.0897 e. The molecule has 0 radical (unpaired) electrons. The number of aliphatic hydroxyl groups excluding tert-OH is 1. The fraction of sp³-hybridized carbons (Fsp3) is 0.647. The molecule has 112 valence electrons. The molecule has 3 heteroatoms. The lowest BCUT2D eigenvalue weighted by molar-refractivity contribution is 0.0315. The summed E-state index contributed by atoms with van der Waals surface area (Å²) in [6.45, 7) is 8.19. The van der Waals surface area contributed by atoms with Crippen molar-refractivity contribution in [3.05, 3.63) is 34.9 Å². The molecule has 0 spiro atoms. The Morgan fingerprint density at radius 3 is 2.75 bits per heavy atom. The first kappa shape index (κ1) is 15.5. The van der Waals surface area contributed by atoms with Gasteiger partial charge in [-0.25, -0.2) is 0 Å². The molecule has 0 aromatic heterocycles. The monoisotopic (exact) mass is 277 g/mol. The van der Waals surface area contributed by atoms with E-state index in [9.17, 15) is 5.11 Å². The summed E-state index contributed by atoms with van der Waals surface area (Å²) in [6.07, 6.45) is 2.15. The van der Waals surface area contributed by atoms with Gasteiger partial charge in [0.1, 0.15) is 0 Å². The van der Waals surface area contributed by atoms with E-state index in [1.54, 1.807) is 0 Å². The van der Waals surface area contributed by atoms with Crippen LogP contribution in [0.5, 0.6) is 0 Å². The van der Waals surface area contributed by atoms with E-state index in [2.05, 4.69) is 44.3 Å². The topological polar surface area (TPSA) is 41.5 Å². The quantitative estimate of drug-likeness (QED) is 0.767. The molecule has 1 fully saturated rings. The third kappa shape index (κ3) is 4.89.